The number of hydrogen-bond acceptors (Lipinski definition) is 2. The molecule has 0 radical (unpaired) electrons. The van der Waals surface area contributed by atoms with E-state index in [2.05, 4.69) is 0 Å². The van der Waals surface area contributed by atoms with Gasteiger partial charge in [0, 0.05) is 0 Å². The molecule has 0 atom stereocenters. The van der Waals surface area contributed by atoms with Gasteiger partial charge in [0.2, 0.25) is 5.82 Å². The van der Waals surface area contributed by atoms with Crippen molar-refractivity contribution in [3.05, 3.63) is 34.6 Å². The summed E-state index contributed by atoms with van der Waals surface area (Å²) in [5, 5.41) is 5.31. The first-order valence-corrected chi connectivity index (χ1v) is 3.67. The van der Waals surface area contributed by atoms with E-state index in [0.29, 0.717) is 0 Å². The lowest BCUT2D eigenvalue weighted by molar-refractivity contribution is -0.392. The first kappa shape index (κ1) is 16.9. The zero-order chi connectivity index (χ0) is 13.5. The van der Waals surface area contributed by atoms with Crippen LogP contribution in [0.25, 0.3) is 0 Å². The Kier molecular flexibility index (Phi) is 4.91. The van der Waals surface area contributed by atoms with Gasteiger partial charge >= 0.3 is 6.05 Å². The first-order chi connectivity index (χ1) is 7.62. The molecule has 1 aromatic rings. The number of nitrogens with zero attached hydrogens (tertiary/aromatic N) is 1. The quantitative estimate of drug-likeness (QED) is 0.226. The molecule has 0 saturated heterocycles. The summed E-state index contributed by atoms with van der Waals surface area (Å²) in [4.78, 5) is 0. The van der Waals surface area contributed by atoms with Crippen LogP contribution in [0.5, 0.6) is 0 Å². The average Bonchev–Trinajstić information content (AvgIpc) is 2.23. The van der Waals surface area contributed by atoms with Crippen LogP contribution in [0.15, 0.2) is 0 Å². The Hall–Kier alpha value is -1.13. The van der Waals surface area contributed by atoms with Gasteiger partial charge in [-0.25, -0.2) is 22.0 Å². The summed E-state index contributed by atoms with van der Waals surface area (Å²) in [6.45, 7) is 0. The fraction of sp³-hybridized carbons (Fsp3) is 0.143. The number of alkyl halides is 2. The van der Waals surface area contributed by atoms with E-state index in [-0.39, 0.29) is 12.4 Å². The maximum atomic E-state index is 12.8. The number of hydroxylamine groups is 1. The summed E-state index contributed by atoms with van der Waals surface area (Å²) in [5.74, 6) is -13.9. The van der Waals surface area contributed by atoms with Crippen molar-refractivity contribution in [2.45, 2.75) is 6.05 Å². The summed E-state index contributed by atoms with van der Waals surface area (Å²) in [6, 6.07) is -5.43. The van der Waals surface area contributed by atoms with Crippen molar-refractivity contribution in [3.8, 4) is 0 Å². The predicted molar refractivity (Wildman–Crippen MR) is 42.1 cm³/mol. The zero-order valence-corrected chi connectivity index (χ0v) is 8.64. The highest BCUT2D eigenvalue weighted by atomic mass is 35.5. The lowest BCUT2D eigenvalue weighted by Crippen LogP contribution is -2.33. The van der Waals surface area contributed by atoms with Crippen LogP contribution < -0.4 is 0 Å². The van der Waals surface area contributed by atoms with E-state index in [4.69, 9.17) is 5.21 Å². The third kappa shape index (κ3) is 2.35. The summed E-state index contributed by atoms with van der Waals surface area (Å²) in [5.41, 5.74) is -2.79. The number of halogens is 9. The number of benzene rings is 1. The third-order valence-electron chi connectivity index (χ3n) is 1.74. The van der Waals surface area contributed by atoms with Crippen LogP contribution in [-0.2, 0) is 6.05 Å². The second kappa shape index (κ2) is 5.24. The van der Waals surface area contributed by atoms with E-state index < -0.39 is 46.0 Å². The maximum Gasteiger partial charge on any atom is 0.385 e. The molecule has 1 rings (SSSR count). The molecule has 18 heavy (non-hydrogen) atoms. The smallest absolute Gasteiger partial charge is 0.280 e. The van der Waals surface area contributed by atoms with Crippen LogP contribution in [-0.4, -0.2) is 10.5 Å². The number of rotatable bonds is 2. The highest BCUT2D eigenvalue weighted by Crippen LogP contribution is 2.37. The molecule has 1 aromatic carbocycles. The van der Waals surface area contributed by atoms with Crippen LogP contribution >= 0.6 is 12.4 Å². The number of hydrogen-bond donors (Lipinski definition) is 1. The predicted octanol–water partition coefficient (Wildman–Crippen LogP) is 3.43. The Morgan fingerprint density at radius 1 is 0.778 bits per heavy atom. The minimum absolute atomic E-state index is 0. The fourth-order valence-electron chi connectivity index (χ4n) is 0.961. The van der Waals surface area contributed by atoms with Gasteiger partial charge in [0.25, 0.3) is 0 Å². The van der Waals surface area contributed by atoms with E-state index in [1.165, 1.54) is 0 Å². The molecular formula is C7H2ClF8NO. The van der Waals surface area contributed by atoms with Crippen LogP contribution in [0.4, 0.5) is 35.2 Å². The molecule has 0 aromatic heterocycles. The van der Waals surface area contributed by atoms with Crippen molar-refractivity contribution in [1.82, 2.24) is 5.29 Å². The highest BCUT2D eigenvalue weighted by Gasteiger charge is 2.48. The molecule has 0 aliphatic carbocycles. The van der Waals surface area contributed by atoms with Gasteiger partial charge in [-0.15, -0.1) is 12.4 Å². The molecule has 0 aliphatic rings. The summed E-state index contributed by atoms with van der Waals surface area (Å²) >= 11 is 0. The second-order valence-electron chi connectivity index (χ2n) is 2.75. The van der Waals surface area contributed by atoms with Gasteiger partial charge in [0.15, 0.2) is 23.3 Å². The molecule has 0 unspecified atom stereocenters. The SMILES string of the molecule is Cl.ON(F)C(F)(F)c1c(F)c(F)c(F)c(F)c1F. The van der Waals surface area contributed by atoms with E-state index in [9.17, 15) is 35.2 Å². The van der Waals surface area contributed by atoms with Gasteiger partial charge in [-0.1, -0.05) is 4.48 Å². The minimum Gasteiger partial charge on any atom is -0.280 e. The first-order valence-electron chi connectivity index (χ1n) is 3.67. The molecule has 2 nitrogen and oxygen atoms in total. The van der Waals surface area contributed by atoms with Crippen molar-refractivity contribution in [2.24, 2.45) is 0 Å². The van der Waals surface area contributed by atoms with Crippen LogP contribution in [0, 0.1) is 29.1 Å². The summed E-state index contributed by atoms with van der Waals surface area (Å²) in [7, 11) is 0. The molecule has 0 bridgehead atoms. The van der Waals surface area contributed by atoms with Crippen molar-refractivity contribution < 1.29 is 40.4 Å². The zero-order valence-electron chi connectivity index (χ0n) is 7.83. The highest BCUT2D eigenvalue weighted by molar-refractivity contribution is 5.85. The van der Waals surface area contributed by atoms with E-state index in [1.54, 1.807) is 0 Å². The molecule has 1 N–H and O–H groups in total. The Labute approximate surface area is 99.7 Å². The molecule has 0 fully saturated rings. The Morgan fingerprint density at radius 2 is 1.06 bits per heavy atom. The average molecular weight is 304 g/mol. The Balaban J connectivity index is 0.00000289. The van der Waals surface area contributed by atoms with Crippen molar-refractivity contribution in [3.63, 3.8) is 0 Å². The van der Waals surface area contributed by atoms with Gasteiger partial charge < -0.3 is 0 Å². The van der Waals surface area contributed by atoms with Gasteiger partial charge in [0.1, 0.15) is 5.56 Å². The van der Waals surface area contributed by atoms with Crippen molar-refractivity contribution >= 4 is 12.4 Å². The van der Waals surface area contributed by atoms with E-state index in [0.717, 1.165) is 0 Å². The normalized spacial score (nSPS) is 11.7. The topological polar surface area (TPSA) is 23.5 Å². The van der Waals surface area contributed by atoms with Gasteiger partial charge in [-0.2, -0.15) is 8.78 Å². The molecule has 11 heteroatoms. The van der Waals surface area contributed by atoms with Crippen LogP contribution in [0.1, 0.15) is 5.56 Å². The van der Waals surface area contributed by atoms with Gasteiger partial charge in [-0.05, 0) is 0 Å². The molecule has 0 amide bonds. The minimum atomic E-state index is -5.43. The van der Waals surface area contributed by atoms with Crippen molar-refractivity contribution in [1.29, 1.82) is 0 Å². The third-order valence-corrected chi connectivity index (χ3v) is 1.74. The second-order valence-corrected chi connectivity index (χ2v) is 2.75. The fourth-order valence-corrected chi connectivity index (χ4v) is 0.961. The maximum absolute atomic E-state index is 12.8. The monoisotopic (exact) mass is 303 g/mol. The summed E-state index contributed by atoms with van der Waals surface area (Å²) < 4.78 is 100. The van der Waals surface area contributed by atoms with E-state index >= 15 is 0 Å². The van der Waals surface area contributed by atoms with Crippen LogP contribution in [0.3, 0.4) is 0 Å². The standard InChI is InChI=1S/C7HF8NO.ClH/c8-2-1(7(13,14)16(15)17)3(9)5(11)6(12)4(2)10;/h17H;1H. The molecule has 0 saturated carbocycles. The Bertz CT molecular complexity index is 436. The molecule has 0 heterocycles. The van der Waals surface area contributed by atoms with Crippen LogP contribution in [0.2, 0.25) is 0 Å². The van der Waals surface area contributed by atoms with Crippen molar-refractivity contribution in [2.75, 3.05) is 0 Å². The molecule has 0 spiro atoms. The molecule has 104 valence electrons. The lowest BCUT2D eigenvalue weighted by atomic mass is 10.1. The van der Waals surface area contributed by atoms with Gasteiger partial charge in [0.05, 0.1) is 5.29 Å². The van der Waals surface area contributed by atoms with E-state index in [1.807, 2.05) is 0 Å². The molecule has 0 aliphatic heterocycles. The Morgan fingerprint density at radius 3 is 1.33 bits per heavy atom. The molecular weight excluding hydrogens is 302 g/mol. The van der Waals surface area contributed by atoms with Gasteiger partial charge in [-0.3, -0.25) is 5.21 Å². The lowest BCUT2D eigenvalue weighted by Gasteiger charge is -2.19. The largest absolute Gasteiger partial charge is 0.385 e. The summed E-state index contributed by atoms with van der Waals surface area (Å²) in [6.07, 6.45) is 0.